The number of nitrogens with zero attached hydrogens (tertiary/aromatic N) is 4. The SMILES string of the molecule is CC(Sc1nn[nH]n1)C1=C(C(=O)O)N2C(=O)C(NC(=O)CS(=O)C(F)(F)F)[C@@H]2SC1. The lowest BCUT2D eigenvalue weighted by Crippen LogP contribution is -2.71. The molecule has 11 nitrogen and oxygen atoms in total. The zero-order valence-corrected chi connectivity index (χ0v) is 17.3. The van der Waals surface area contributed by atoms with Crippen LogP contribution in [0.25, 0.3) is 0 Å². The van der Waals surface area contributed by atoms with Crippen LogP contribution in [0, 0.1) is 0 Å². The number of thioether (sulfide) groups is 2. The lowest BCUT2D eigenvalue weighted by molar-refractivity contribution is -0.150. The van der Waals surface area contributed by atoms with E-state index in [1.807, 2.05) is 0 Å². The molecule has 2 aliphatic heterocycles. The van der Waals surface area contributed by atoms with E-state index in [0.717, 1.165) is 28.4 Å². The number of halogens is 3. The fourth-order valence-corrected chi connectivity index (χ4v) is 5.70. The topological polar surface area (TPSA) is 158 Å². The number of hydrogen-bond donors (Lipinski definition) is 3. The first-order valence-electron chi connectivity index (χ1n) is 8.06. The highest BCUT2D eigenvalue weighted by Crippen LogP contribution is 2.43. The molecule has 3 N–H and O–H groups in total. The highest BCUT2D eigenvalue weighted by molar-refractivity contribution is 8.01. The summed E-state index contributed by atoms with van der Waals surface area (Å²) >= 11 is 2.28. The number of carboxylic acid groups (broad SMARTS) is 1. The van der Waals surface area contributed by atoms with Gasteiger partial charge in [0.2, 0.25) is 11.1 Å². The first-order chi connectivity index (χ1) is 14.0. The molecule has 0 radical (unpaired) electrons. The van der Waals surface area contributed by atoms with Gasteiger partial charge in [0.15, 0.2) is 0 Å². The molecule has 30 heavy (non-hydrogen) atoms. The monoisotopic (exact) mass is 486 g/mol. The molecular weight excluding hydrogens is 473 g/mol. The Morgan fingerprint density at radius 2 is 2.20 bits per heavy atom. The number of carboxylic acids is 1. The van der Waals surface area contributed by atoms with E-state index in [4.69, 9.17) is 0 Å². The summed E-state index contributed by atoms with van der Waals surface area (Å²) in [5.41, 5.74) is -4.88. The molecule has 1 saturated heterocycles. The van der Waals surface area contributed by atoms with Gasteiger partial charge in [-0.3, -0.25) is 14.5 Å². The second-order valence-corrected chi connectivity index (χ2v) is 9.88. The molecule has 1 aromatic heterocycles. The van der Waals surface area contributed by atoms with Crippen LogP contribution in [0.3, 0.4) is 0 Å². The van der Waals surface area contributed by atoms with Crippen molar-refractivity contribution >= 4 is 52.1 Å². The molecule has 0 aromatic carbocycles. The van der Waals surface area contributed by atoms with Gasteiger partial charge in [0.05, 0.1) is 0 Å². The summed E-state index contributed by atoms with van der Waals surface area (Å²) in [5.74, 6) is -4.48. The van der Waals surface area contributed by atoms with Crippen molar-refractivity contribution in [3.63, 3.8) is 0 Å². The predicted molar refractivity (Wildman–Crippen MR) is 98.2 cm³/mol. The van der Waals surface area contributed by atoms with E-state index in [2.05, 4.69) is 25.9 Å². The lowest BCUT2D eigenvalue weighted by atomic mass is 10.0. The van der Waals surface area contributed by atoms with Crippen molar-refractivity contribution in [3.8, 4) is 0 Å². The maximum Gasteiger partial charge on any atom is 0.471 e. The molecule has 2 aliphatic rings. The molecule has 164 valence electrons. The molecular formula is C13H13F3N6O5S3. The Morgan fingerprint density at radius 3 is 2.77 bits per heavy atom. The summed E-state index contributed by atoms with van der Waals surface area (Å²) in [6.07, 6.45) is 0. The van der Waals surface area contributed by atoms with E-state index in [9.17, 15) is 36.9 Å². The lowest BCUT2D eigenvalue weighted by Gasteiger charge is -2.50. The highest BCUT2D eigenvalue weighted by atomic mass is 32.2. The van der Waals surface area contributed by atoms with Crippen LogP contribution in [0.5, 0.6) is 0 Å². The van der Waals surface area contributed by atoms with E-state index in [1.54, 1.807) is 6.92 Å². The summed E-state index contributed by atoms with van der Waals surface area (Å²) in [6, 6.07) is -1.20. The van der Waals surface area contributed by atoms with Crippen LogP contribution in [-0.2, 0) is 25.2 Å². The van der Waals surface area contributed by atoms with Gasteiger partial charge >= 0.3 is 11.5 Å². The van der Waals surface area contributed by atoms with Gasteiger partial charge < -0.3 is 10.4 Å². The average Bonchev–Trinajstić information content (AvgIpc) is 3.16. The molecule has 17 heteroatoms. The Bertz CT molecular complexity index is 924. The van der Waals surface area contributed by atoms with E-state index >= 15 is 0 Å². The summed E-state index contributed by atoms with van der Waals surface area (Å²) in [5, 5.41) is 24.0. The minimum atomic E-state index is -5.05. The number of carbonyl (C=O) groups excluding carboxylic acids is 2. The normalized spacial score (nSPS) is 23.5. The number of aromatic nitrogens is 4. The first kappa shape index (κ1) is 22.5. The van der Waals surface area contributed by atoms with Crippen LogP contribution >= 0.6 is 23.5 Å². The quantitative estimate of drug-likeness (QED) is 0.345. The van der Waals surface area contributed by atoms with Gasteiger partial charge in [-0.2, -0.15) is 18.4 Å². The van der Waals surface area contributed by atoms with Crippen LogP contribution in [-0.4, -0.2) is 86.3 Å². The van der Waals surface area contributed by atoms with Crippen LogP contribution in [0.1, 0.15) is 6.92 Å². The highest BCUT2D eigenvalue weighted by Gasteiger charge is 2.54. The number of aromatic amines is 1. The first-order valence-corrected chi connectivity index (χ1v) is 11.3. The Balaban J connectivity index is 1.72. The van der Waals surface area contributed by atoms with Gasteiger partial charge in [-0.1, -0.05) is 11.8 Å². The molecule has 4 atom stereocenters. The summed E-state index contributed by atoms with van der Waals surface area (Å²) < 4.78 is 48.0. The molecule has 1 aromatic rings. The number of fused-ring (bicyclic) bond motifs is 1. The number of β-lactam (4-membered cyclic amide) rings is 1. The second kappa shape index (κ2) is 8.54. The average molecular weight is 486 g/mol. The number of rotatable bonds is 7. The number of hydrogen-bond acceptors (Lipinski definition) is 9. The van der Waals surface area contributed by atoms with Gasteiger partial charge in [-0.25, -0.2) is 9.00 Å². The van der Waals surface area contributed by atoms with Gasteiger partial charge in [0, 0.05) is 11.0 Å². The van der Waals surface area contributed by atoms with Crippen LogP contribution in [0.4, 0.5) is 13.2 Å². The van der Waals surface area contributed by atoms with Crippen LogP contribution in [0.2, 0.25) is 0 Å². The third-order valence-corrected chi connectivity index (χ3v) is 7.50. The third-order valence-electron chi connectivity index (χ3n) is 4.14. The van der Waals surface area contributed by atoms with E-state index < -0.39 is 56.5 Å². The standard InChI is InChI=1S/C13H13F3N6O5S3/c1-4(29-12-18-20-21-19-12)5-2-28-10-7(9(24)22(10)8(5)11(25)26)17-6(23)3-30(27)13(14,15)16/h4,7,10H,2-3H2,1H3,(H,17,23)(H,25,26)(H,18,19,20,21)/t4?,7?,10-,30?/m0/s1. The van der Waals surface area contributed by atoms with Crippen molar-refractivity contribution in [2.45, 2.75) is 34.3 Å². The predicted octanol–water partition coefficient (Wildman–Crippen LogP) is -0.313. The summed E-state index contributed by atoms with van der Waals surface area (Å²) in [4.78, 5) is 37.0. The molecule has 0 aliphatic carbocycles. The summed E-state index contributed by atoms with van der Waals surface area (Å²) in [7, 11) is -3.39. The number of H-pyrrole nitrogens is 1. The van der Waals surface area contributed by atoms with Crippen LogP contribution in [0.15, 0.2) is 16.4 Å². The number of tetrazole rings is 1. The molecule has 0 bridgehead atoms. The molecule has 0 saturated carbocycles. The second-order valence-electron chi connectivity index (χ2n) is 6.02. The van der Waals surface area contributed by atoms with Crippen molar-refractivity contribution in [2.24, 2.45) is 0 Å². The fourth-order valence-electron chi connectivity index (χ4n) is 2.80. The largest absolute Gasteiger partial charge is 0.477 e. The van der Waals surface area contributed by atoms with Crippen molar-refractivity contribution in [3.05, 3.63) is 11.3 Å². The van der Waals surface area contributed by atoms with Crippen molar-refractivity contribution in [1.82, 2.24) is 30.8 Å². The molecule has 3 heterocycles. The Hall–Kier alpha value is -2.14. The number of aliphatic carboxylic acids is 1. The van der Waals surface area contributed by atoms with Crippen molar-refractivity contribution in [2.75, 3.05) is 11.5 Å². The van der Waals surface area contributed by atoms with Gasteiger partial charge in [-0.15, -0.1) is 22.0 Å². The number of amides is 2. The minimum absolute atomic E-state index is 0.197. The van der Waals surface area contributed by atoms with Crippen LogP contribution < -0.4 is 5.32 Å². The maximum atomic E-state index is 12.5. The van der Waals surface area contributed by atoms with Gasteiger partial charge in [0.25, 0.3) is 5.91 Å². The van der Waals surface area contributed by atoms with Gasteiger partial charge in [-0.05, 0) is 17.7 Å². The smallest absolute Gasteiger partial charge is 0.471 e. The van der Waals surface area contributed by atoms with E-state index in [0.29, 0.717) is 5.57 Å². The Labute approximate surface area is 177 Å². The van der Waals surface area contributed by atoms with Crippen molar-refractivity contribution in [1.29, 1.82) is 0 Å². The molecule has 3 rings (SSSR count). The number of nitrogens with one attached hydrogen (secondary N) is 2. The maximum absolute atomic E-state index is 12.5. The number of carbonyl (C=O) groups is 3. The Kier molecular flexibility index (Phi) is 6.42. The fraction of sp³-hybridized carbons (Fsp3) is 0.538. The third kappa shape index (κ3) is 4.46. The van der Waals surface area contributed by atoms with E-state index in [1.165, 1.54) is 0 Å². The number of alkyl halides is 3. The van der Waals surface area contributed by atoms with Gasteiger partial charge in [0.1, 0.15) is 33.7 Å². The Morgan fingerprint density at radius 1 is 1.50 bits per heavy atom. The molecule has 1 fully saturated rings. The zero-order chi connectivity index (χ0) is 22.2. The zero-order valence-electron chi connectivity index (χ0n) is 14.9. The molecule has 0 spiro atoms. The summed E-state index contributed by atoms with van der Waals surface area (Å²) in [6.45, 7) is 1.70. The minimum Gasteiger partial charge on any atom is -0.477 e. The van der Waals surface area contributed by atoms with Crippen molar-refractivity contribution < 1.29 is 36.9 Å². The van der Waals surface area contributed by atoms with E-state index in [-0.39, 0.29) is 16.6 Å². The molecule has 3 unspecified atom stereocenters. The molecule has 2 amide bonds.